The Bertz CT molecular complexity index is 475. The number of fused-ring (bicyclic) bond motifs is 1. The standard InChI is InChI=1S/C8H5F3N2O/c9-8(10,11)6-4-5-2-1-3-13(14)7(5)12-6/h1-4,14H/p+1. The Labute approximate surface area is 76.4 Å². The van der Waals surface area contributed by atoms with Crippen molar-refractivity contribution in [3.8, 4) is 0 Å². The van der Waals surface area contributed by atoms with Crippen molar-refractivity contribution in [2.75, 3.05) is 0 Å². The van der Waals surface area contributed by atoms with Gasteiger partial charge in [-0.2, -0.15) is 13.2 Å². The van der Waals surface area contributed by atoms with Gasteiger partial charge in [0, 0.05) is 6.07 Å². The molecule has 3 nitrogen and oxygen atoms in total. The van der Waals surface area contributed by atoms with E-state index in [0.717, 1.165) is 6.07 Å². The number of alkyl halides is 3. The highest BCUT2D eigenvalue weighted by molar-refractivity contribution is 5.73. The lowest BCUT2D eigenvalue weighted by Gasteiger charge is -1.97. The number of aromatic nitrogens is 2. The molecule has 0 saturated heterocycles. The van der Waals surface area contributed by atoms with Gasteiger partial charge in [0.25, 0.3) is 0 Å². The molecule has 2 heterocycles. The summed E-state index contributed by atoms with van der Waals surface area (Å²) in [6.45, 7) is 0. The minimum absolute atomic E-state index is 0.0276. The Hall–Kier alpha value is -1.72. The quantitative estimate of drug-likeness (QED) is 0.496. The van der Waals surface area contributed by atoms with E-state index in [4.69, 9.17) is 5.21 Å². The number of pyridine rings is 1. The van der Waals surface area contributed by atoms with Crippen molar-refractivity contribution in [3.63, 3.8) is 0 Å². The van der Waals surface area contributed by atoms with Gasteiger partial charge in [0.05, 0.1) is 5.39 Å². The first-order valence-electron chi connectivity index (χ1n) is 3.78. The van der Waals surface area contributed by atoms with Crippen molar-refractivity contribution in [2.45, 2.75) is 6.18 Å². The van der Waals surface area contributed by atoms with E-state index >= 15 is 0 Å². The summed E-state index contributed by atoms with van der Waals surface area (Å²) >= 11 is 0. The number of hydrogen-bond donors (Lipinski definition) is 2. The molecule has 0 atom stereocenters. The number of nitrogens with zero attached hydrogens (tertiary/aromatic N) is 1. The van der Waals surface area contributed by atoms with Gasteiger partial charge >= 0.3 is 11.8 Å². The van der Waals surface area contributed by atoms with Crippen LogP contribution in [-0.2, 0) is 6.18 Å². The number of halogens is 3. The van der Waals surface area contributed by atoms with Crippen LogP contribution in [0.3, 0.4) is 0 Å². The maximum atomic E-state index is 12.2. The molecule has 2 aromatic rings. The van der Waals surface area contributed by atoms with Crippen molar-refractivity contribution >= 4 is 11.0 Å². The van der Waals surface area contributed by atoms with Gasteiger partial charge < -0.3 is 5.21 Å². The van der Waals surface area contributed by atoms with Crippen LogP contribution >= 0.6 is 0 Å². The lowest BCUT2D eigenvalue weighted by atomic mass is 10.3. The van der Waals surface area contributed by atoms with Gasteiger partial charge in [-0.1, -0.05) is 4.73 Å². The molecule has 0 aliphatic rings. The van der Waals surface area contributed by atoms with Gasteiger partial charge in [-0.3, -0.25) is 0 Å². The summed E-state index contributed by atoms with van der Waals surface area (Å²) in [5, 5.41) is 9.48. The van der Waals surface area contributed by atoms with Gasteiger partial charge in [0.1, 0.15) is 6.20 Å². The van der Waals surface area contributed by atoms with Crippen LogP contribution in [0, 0.1) is 0 Å². The predicted molar refractivity (Wildman–Crippen MR) is 40.7 cm³/mol. The third kappa shape index (κ3) is 1.28. The van der Waals surface area contributed by atoms with Gasteiger partial charge in [-0.05, 0) is 12.1 Å². The zero-order valence-electron chi connectivity index (χ0n) is 6.84. The maximum Gasteiger partial charge on any atom is 0.453 e. The SMILES string of the molecule is O[n+]1cccc2cc(C(F)(F)F)[nH]c21. The second-order valence-electron chi connectivity index (χ2n) is 2.84. The molecule has 2 N–H and O–H groups in total. The summed E-state index contributed by atoms with van der Waals surface area (Å²) in [5.41, 5.74) is -0.846. The molecule has 14 heavy (non-hydrogen) atoms. The largest absolute Gasteiger partial charge is 0.453 e. The second kappa shape index (κ2) is 2.63. The van der Waals surface area contributed by atoms with Crippen LogP contribution in [0.15, 0.2) is 24.4 Å². The molecular weight excluding hydrogens is 197 g/mol. The molecule has 0 saturated carbocycles. The Morgan fingerprint density at radius 3 is 2.64 bits per heavy atom. The highest BCUT2D eigenvalue weighted by Gasteiger charge is 2.36. The van der Waals surface area contributed by atoms with E-state index in [0.29, 0.717) is 10.1 Å². The lowest BCUT2D eigenvalue weighted by Crippen LogP contribution is -2.30. The van der Waals surface area contributed by atoms with Crippen molar-refractivity contribution in [1.82, 2.24) is 4.98 Å². The van der Waals surface area contributed by atoms with Gasteiger partial charge in [-0.15, -0.1) is 0 Å². The van der Waals surface area contributed by atoms with Crippen molar-refractivity contribution in [3.05, 3.63) is 30.1 Å². The van der Waals surface area contributed by atoms with E-state index in [1.54, 1.807) is 0 Å². The molecule has 2 rings (SSSR count). The first kappa shape index (κ1) is 8.86. The van der Waals surface area contributed by atoms with Gasteiger partial charge in [-0.25, -0.2) is 4.98 Å². The van der Waals surface area contributed by atoms with E-state index in [1.807, 2.05) is 0 Å². The highest BCUT2D eigenvalue weighted by Crippen LogP contribution is 2.29. The smallest absolute Gasteiger partial charge is 0.350 e. The number of aromatic amines is 1. The Morgan fingerprint density at radius 1 is 1.36 bits per heavy atom. The average Bonchev–Trinajstić information content (AvgIpc) is 2.48. The first-order chi connectivity index (χ1) is 6.48. The van der Waals surface area contributed by atoms with Crippen LogP contribution in [0.4, 0.5) is 13.2 Å². The minimum atomic E-state index is -4.42. The number of rotatable bonds is 0. The molecule has 0 spiro atoms. The summed E-state index contributed by atoms with van der Waals surface area (Å²) in [6, 6.07) is 3.88. The summed E-state index contributed by atoms with van der Waals surface area (Å²) in [5.74, 6) is 0. The zero-order chi connectivity index (χ0) is 10.3. The normalized spacial score (nSPS) is 12.2. The van der Waals surface area contributed by atoms with E-state index < -0.39 is 11.9 Å². The first-order valence-corrected chi connectivity index (χ1v) is 3.78. The second-order valence-corrected chi connectivity index (χ2v) is 2.84. The van der Waals surface area contributed by atoms with Crippen molar-refractivity contribution < 1.29 is 23.1 Å². The molecule has 0 unspecified atom stereocenters. The third-order valence-electron chi connectivity index (χ3n) is 1.86. The molecule has 74 valence electrons. The molecule has 0 radical (unpaired) electrons. The van der Waals surface area contributed by atoms with Crippen molar-refractivity contribution in [1.29, 1.82) is 0 Å². The fourth-order valence-corrected chi connectivity index (χ4v) is 1.23. The van der Waals surface area contributed by atoms with Crippen LogP contribution in [0.25, 0.3) is 11.0 Å². The Kier molecular flexibility index (Phi) is 1.67. The molecule has 0 amide bonds. The number of nitrogens with one attached hydrogen (secondary N) is 1. The summed E-state index contributed by atoms with van der Waals surface area (Å²) < 4.78 is 37.3. The molecule has 6 heteroatoms. The van der Waals surface area contributed by atoms with Crippen LogP contribution in [0.5, 0.6) is 0 Å². The third-order valence-corrected chi connectivity index (χ3v) is 1.86. The predicted octanol–water partition coefficient (Wildman–Crippen LogP) is 1.71. The van der Waals surface area contributed by atoms with Crippen LogP contribution in [0.2, 0.25) is 0 Å². The molecule has 0 aliphatic heterocycles. The maximum absolute atomic E-state index is 12.2. The van der Waals surface area contributed by atoms with Crippen LogP contribution in [-0.4, -0.2) is 10.2 Å². The fraction of sp³-hybridized carbons (Fsp3) is 0.125. The van der Waals surface area contributed by atoms with E-state index in [9.17, 15) is 13.2 Å². The summed E-state index contributed by atoms with van der Waals surface area (Å²) in [6.07, 6.45) is -3.18. The Balaban J connectivity index is 2.69. The highest BCUT2D eigenvalue weighted by atomic mass is 19.4. The molecule has 0 bridgehead atoms. The molecule has 0 aromatic carbocycles. The summed E-state index contributed by atoms with van der Waals surface area (Å²) in [7, 11) is 0. The zero-order valence-corrected chi connectivity index (χ0v) is 6.84. The van der Waals surface area contributed by atoms with Crippen LogP contribution in [0.1, 0.15) is 5.69 Å². The summed E-state index contributed by atoms with van der Waals surface area (Å²) in [4.78, 5) is 2.09. The molecule has 0 fully saturated rings. The van der Waals surface area contributed by atoms with Gasteiger partial charge in [0.2, 0.25) is 5.69 Å². The molecule has 2 aromatic heterocycles. The monoisotopic (exact) mass is 203 g/mol. The Morgan fingerprint density at radius 2 is 2.07 bits per heavy atom. The van der Waals surface area contributed by atoms with Crippen LogP contribution < -0.4 is 4.73 Å². The fourth-order valence-electron chi connectivity index (χ4n) is 1.23. The molecular formula is C8H6F3N2O+. The van der Waals surface area contributed by atoms with Gasteiger partial charge in [0.15, 0.2) is 0 Å². The van der Waals surface area contributed by atoms with Crippen molar-refractivity contribution in [2.24, 2.45) is 0 Å². The topological polar surface area (TPSA) is 39.9 Å². The lowest BCUT2D eigenvalue weighted by molar-refractivity contribution is -0.885. The number of hydrogen-bond acceptors (Lipinski definition) is 1. The van der Waals surface area contributed by atoms with E-state index in [2.05, 4.69) is 4.98 Å². The molecule has 0 aliphatic carbocycles. The van der Waals surface area contributed by atoms with E-state index in [-0.39, 0.29) is 5.65 Å². The van der Waals surface area contributed by atoms with E-state index in [1.165, 1.54) is 18.3 Å². The minimum Gasteiger partial charge on any atom is -0.350 e. The average molecular weight is 203 g/mol. The number of H-pyrrole nitrogens is 1.